The normalized spacial score (nSPS) is 21.5. The van der Waals surface area contributed by atoms with Crippen LogP contribution in [-0.2, 0) is 9.59 Å². The second kappa shape index (κ2) is 7.95. The molecule has 0 bridgehead atoms. The molecule has 0 spiro atoms. The summed E-state index contributed by atoms with van der Waals surface area (Å²) in [6, 6.07) is 7.50. The van der Waals surface area contributed by atoms with Crippen molar-refractivity contribution in [2.24, 2.45) is 5.92 Å². The minimum Gasteiger partial charge on any atom is -0.486 e. The molecule has 7 heteroatoms. The first-order valence-electron chi connectivity index (χ1n) is 8.63. The number of halogens is 1. The van der Waals surface area contributed by atoms with Crippen LogP contribution >= 0.6 is 11.6 Å². The highest BCUT2D eigenvalue weighted by Gasteiger charge is 2.29. The number of para-hydroxylation sites is 2. The van der Waals surface area contributed by atoms with Crippen LogP contribution in [0, 0.1) is 5.92 Å². The van der Waals surface area contributed by atoms with Gasteiger partial charge in [-0.2, -0.15) is 0 Å². The molecule has 2 amide bonds. The molecule has 2 heterocycles. The van der Waals surface area contributed by atoms with Crippen molar-refractivity contribution >= 4 is 23.4 Å². The molecule has 1 saturated heterocycles. The van der Waals surface area contributed by atoms with Gasteiger partial charge in [-0.3, -0.25) is 9.59 Å². The lowest BCUT2D eigenvalue weighted by atomic mass is 9.95. The SMILES string of the molecule is CC(Cl)C(=O)N1CCC(C(=O)NCC2COc3ccccc3O2)CC1. The molecule has 2 atom stereocenters. The average Bonchev–Trinajstić information content (AvgIpc) is 2.65. The van der Waals surface area contributed by atoms with Crippen LogP contribution < -0.4 is 14.8 Å². The van der Waals surface area contributed by atoms with Gasteiger partial charge in [-0.1, -0.05) is 12.1 Å². The number of amides is 2. The number of nitrogens with zero attached hydrogens (tertiary/aromatic N) is 1. The Kier molecular flexibility index (Phi) is 5.68. The van der Waals surface area contributed by atoms with Crippen LogP contribution in [0.1, 0.15) is 19.8 Å². The molecule has 0 radical (unpaired) electrons. The fourth-order valence-electron chi connectivity index (χ4n) is 3.14. The van der Waals surface area contributed by atoms with Crippen molar-refractivity contribution in [1.82, 2.24) is 10.2 Å². The number of hydrogen-bond donors (Lipinski definition) is 1. The summed E-state index contributed by atoms with van der Waals surface area (Å²) in [7, 11) is 0. The third-order valence-electron chi connectivity index (χ3n) is 4.59. The number of carbonyl (C=O) groups is 2. The Labute approximate surface area is 152 Å². The molecule has 1 N–H and O–H groups in total. The van der Waals surface area contributed by atoms with Crippen LogP contribution in [0.2, 0.25) is 0 Å². The summed E-state index contributed by atoms with van der Waals surface area (Å²) in [5.74, 6) is 1.30. The van der Waals surface area contributed by atoms with Crippen LogP contribution in [0.3, 0.4) is 0 Å². The zero-order chi connectivity index (χ0) is 17.8. The summed E-state index contributed by atoms with van der Waals surface area (Å²) in [5.41, 5.74) is 0. The van der Waals surface area contributed by atoms with Crippen LogP contribution in [0.15, 0.2) is 24.3 Å². The molecule has 0 aromatic heterocycles. The van der Waals surface area contributed by atoms with Gasteiger partial charge < -0.3 is 19.7 Å². The smallest absolute Gasteiger partial charge is 0.240 e. The molecule has 1 aromatic rings. The lowest BCUT2D eigenvalue weighted by Gasteiger charge is -2.32. The summed E-state index contributed by atoms with van der Waals surface area (Å²) in [6.07, 6.45) is 1.12. The highest BCUT2D eigenvalue weighted by Crippen LogP contribution is 2.30. The maximum atomic E-state index is 12.4. The van der Waals surface area contributed by atoms with Crippen molar-refractivity contribution in [3.8, 4) is 11.5 Å². The van der Waals surface area contributed by atoms with E-state index >= 15 is 0 Å². The van der Waals surface area contributed by atoms with Crippen molar-refractivity contribution in [3.63, 3.8) is 0 Å². The summed E-state index contributed by atoms with van der Waals surface area (Å²) in [6.45, 7) is 3.64. The minimum absolute atomic E-state index is 0.00785. The lowest BCUT2D eigenvalue weighted by molar-refractivity contribution is -0.135. The lowest BCUT2D eigenvalue weighted by Crippen LogP contribution is -2.47. The first-order valence-corrected chi connectivity index (χ1v) is 9.07. The van der Waals surface area contributed by atoms with Crippen LogP contribution in [0.4, 0.5) is 0 Å². The highest BCUT2D eigenvalue weighted by molar-refractivity contribution is 6.30. The Morgan fingerprint density at radius 2 is 1.96 bits per heavy atom. The fourth-order valence-corrected chi connectivity index (χ4v) is 3.27. The van der Waals surface area contributed by atoms with Crippen molar-refractivity contribution in [2.45, 2.75) is 31.2 Å². The van der Waals surface area contributed by atoms with Crippen LogP contribution in [-0.4, -0.2) is 54.4 Å². The second-order valence-corrected chi connectivity index (χ2v) is 7.11. The molecule has 3 rings (SSSR count). The molecule has 0 aliphatic carbocycles. The van der Waals surface area contributed by atoms with Gasteiger partial charge in [0.25, 0.3) is 0 Å². The zero-order valence-electron chi connectivity index (χ0n) is 14.2. The van der Waals surface area contributed by atoms with E-state index in [2.05, 4.69) is 5.32 Å². The minimum atomic E-state index is -0.517. The third-order valence-corrected chi connectivity index (χ3v) is 4.78. The molecule has 6 nitrogen and oxygen atoms in total. The van der Waals surface area contributed by atoms with Crippen LogP contribution in [0.5, 0.6) is 11.5 Å². The summed E-state index contributed by atoms with van der Waals surface area (Å²) in [5, 5.41) is 2.43. The number of fused-ring (bicyclic) bond motifs is 1. The number of hydrogen-bond acceptors (Lipinski definition) is 4. The molecule has 1 fully saturated rings. The molecule has 25 heavy (non-hydrogen) atoms. The van der Waals surface area contributed by atoms with Crippen molar-refractivity contribution < 1.29 is 19.1 Å². The average molecular weight is 367 g/mol. The number of piperidine rings is 1. The number of rotatable bonds is 4. The van der Waals surface area contributed by atoms with Gasteiger partial charge in [-0.05, 0) is 31.9 Å². The van der Waals surface area contributed by atoms with Gasteiger partial charge in [0, 0.05) is 19.0 Å². The van der Waals surface area contributed by atoms with E-state index in [0.29, 0.717) is 44.8 Å². The number of benzene rings is 1. The molecule has 1 aromatic carbocycles. The Hall–Kier alpha value is -1.95. The van der Waals surface area contributed by atoms with Gasteiger partial charge in [-0.25, -0.2) is 0 Å². The Balaban J connectivity index is 1.43. The van der Waals surface area contributed by atoms with E-state index in [1.807, 2.05) is 24.3 Å². The molecule has 0 saturated carbocycles. The van der Waals surface area contributed by atoms with E-state index in [0.717, 1.165) is 5.75 Å². The Morgan fingerprint density at radius 1 is 1.28 bits per heavy atom. The van der Waals surface area contributed by atoms with Crippen LogP contribution in [0.25, 0.3) is 0 Å². The van der Waals surface area contributed by atoms with E-state index in [-0.39, 0.29) is 23.8 Å². The van der Waals surface area contributed by atoms with Gasteiger partial charge in [0.2, 0.25) is 11.8 Å². The third kappa shape index (κ3) is 4.37. The standard InChI is InChI=1S/C18H23ClN2O4/c1-12(19)18(23)21-8-6-13(7-9-21)17(22)20-10-14-11-24-15-4-2-3-5-16(15)25-14/h2-5,12-14H,6-11H2,1H3,(H,20,22). The van der Waals surface area contributed by atoms with Crippen molar-refractivity contribution in [3.05, 3.63) is 24.3 Å². The number of carbonyl (C=O) groups excluding carboxylic acids is 2. The topological polar surface area (TPSA) is 67.9 Å². The molecular weight excluding hydrogens is 344 g/mol. The number of nitrogens with one attached hydrogen (secondary N) is 1. The van der Waals surface area contributed by atoms with E-state index < -0.39 is 5.38 Å². The fraction of sp³-hybridized carbons (Fsp3) is 0.556. The zero-order valence-corrected chi connectivity index (χ0v) is 15.0. The van der Waals surface area contributed by atoms with Crippen molar-refractivity contribution in [1.29, 1.82) is 0 Å². The molecular formula is C18H23ClN2O4. The molecule has 2 unspecified atom stereocenters. The number of ether oxygens (including phenoxy) is 2. The number of alkyl halides is 1. The first-order chi connectivity index (χ1) is 12.0. The van der Waals surface area contributed by atoms with E-state index in [1.165, 1.54) is 0 Å². The predicted octanol–water partition coefficient (Wildman–Crippen LogP) is 1.81. The number of likely N-dealkylation sites (tertiary alicyclic amines) is 1. The van der Waals surface area contributed by atoms with Gasteiger partial charge in [0.15, 0.2) is 11.5 Å². The maximum absolute atomic E-state index is 12.4. The van der Waals surface area contributed by atoms with Gasteiger partial charge in [0.05, 0.1) is 6.54 Å². The summed E-state index contributed by atoms with van der Waals surface area (Å²) < 4.78 is 11.5. The largest absolute Gasteiger partial charge is 0.486 e. The second-order valence-electron chi connectivity index (χ2n) is 6.46. The molecule has 2 aliphatic heterocycles. The summed E-state index contributed by atoms with van der Waals surface area (Å²) >= 11 is 5.84. The summed E-state index contributed by atoms with van der Waals surface area (Å²) in [4.78, 5) is 26.0. The first kappa shape index (κ1) is 17.9. The van der Waals surface area contributed by atoms with E-state index in [9.17, 15) is 9.59 Å². The van der Waals surface area contributed by atoms with Gasteiger partial charge >= 0.3 is 0 Å². The van der Waals surface area contributed by atoms with Gasteiger partial charge in [-0.15, -0.1) is 11.6 Å². The monoisotopic (exact) mass is 366 g/mol. The quantitative estimate of drug-likeness (QED) is 0.825. The van der Waals surface area contributed by atoms with E-state index in [1.54, 1.807) is 11.8 Å². The van der Waals surface area contributed by atoms with Crippen molar-refractivity contribution in [2.75, 3.05) is 26.2 Å². The maximum Gasteiger partial charge on any atom is 0.240 e. The molecule has 136 valence electrons. The van der Waals surface area contributed by atoms with E-state index in [4.69, 9.17) is 21.1 Å². The highest BCUT2D eigenvalue weighted by atomic mass is 35.5. The Morgan fingerprint density at radius 3 is 2.64 bits per heavy atom. The van der Waals surface area contributed by atoms with Gasteiger partial charge in [0.1, 0.15) is 18.1 Å². The predicted molar refractivity (Wildman–Crippen MR) is 94.0 cm³/mol. The Bertz CT molecular complexity index is 629. The molecule has 2 aliphatic rings.